The van der Waals surface area contributed by atoms with E-state index in [0.29, 0.717) is 11.5 Å². The van der Waals surface area contributed by atoms with Crippen LogP contribution in [0.1, 0.15) is 27.8 Å². The maximum absolute atomic E-state index is 10.7. The molecule has 0 aliphatic carbocycles. The highest BCUT2D eigenvalue weighted by molar-refractivity contribution is 5.85. The van der Waals surface area contributed by atoms with Crippen molar-refractivity contribution in [1.29, 1.82) is 0 Å². The van der Waals surface area contributed by atoms with E-state index in [0.717, 1.165) is 44.9 Å². The summed E-state index contributed by atoms with van der Waals surface area (Å²) in [5, 5.41) is 31.3. The molecule has 0 aliphatic rings. The van der Waals surface area contributed by atoms with Crippen LogP contribution in [-0.4, -0.2) is 15.3 Å². The lowest BCUT2D eigenvalue weighted by molar-refractivity contribution is 0.462. The molecular formula is C29H29NO4. The Bertz CT molecular complexity index is 1320. The van der Waals surface area contributed by atoms with Crippen LogP contribution in [0.2, 0.25) is 0 Å². The zero-order valence-corrected chi connectivity index (χ0v) is 20.0. The molecule has 174 valence electrons. The fourth-order valence-corrected chi connectivity index (χ4v) is 4.12. The van der Waals surface area contributed by atoms with Crippen LogP contribution in [0, 0.1) is 34.6 Å². The van der Waals surface area contributed by atoms with Gasteiger partial charge in [-0.15, -0.1) is 0 Å². The number of rotatable bonds is 5. The van der Waals surface area contributed by atoms with Crippen LogP contribution in [0.3, 0.4) is 0 Å². The van der Waals surface area contributed by atoms with Crippen molar-refractivity contribution in [1.82, 2.24) is 0 Å². The molecule has 0 heterocycles. The Labute approximate surface area is 200 Å². The number of ether oxygens (including phenoxy) is 1. The van der Waals surface area contributed by atoms with E-state index in [2.05, 4.69) is 0 Å². The van der Waals surface area contributed by atoms with Crippen molar-refractivity contribution < 1.29 is 20.1 Å². The predicted octanol–water partition coefficient (Wildman–Crippen LogP) is 7.61. The van der Waals surface area contributed by atoms with Crippen molar-refractivity contribution in [2.75, 3.05) is 4.90 Å². The van der Waals surface area contributed by atoms with Crippen molar-refractivity contribution in [3.8, 4) is 28.7 Å². The van der Waals surface area contributed by atoms with Gasteiger partial charge in [-0.05, 0) is 93.8 Å². The number of phenols is 3. The van der Waals surface area contributed by atoms with Crippen molar-refractivity contribution in [2.45, 2.75) is 34.6 Å². The quantitative estimate of drug-likeness (QED) is 0.289. The maximum atomic E-state index is 10.7. The van der Waals surface area contributed by atoms with Gasteiger partial charge in [-0.25, -0.2) is 0 Å². The van der Waals surface area contributed by atoms with E-state index in [9.17, 15) is 15.3 Å². The zero-order chi connectivity index (χ0) is 24.6. The summed E-state index contributed by atoms with van der Waals surface area (Å²) in [6.45, 7) is 9.36. The molecule has 0 aromatic heterocycles. The molecular weight excluding hydrogens is 426 g/mol. The lowest BCUT2D eigenvalue weighted by atomic mass is 10.0. The zero-order valence-electron chi connectivity index (χ0n) is 20.0. The third kappa shape index (κ3) is 4.13. The van der Waals surface area contributed by atoms with E-state index in [-0.39, 0.29) is 17.2 Å². The highest BCUT2D eigenvalue weighted by Gasteiger charge is 2.23. The largest absolute Gasteiger partial charge is 0.508 e. The molecule has 0 unspecified atom stereocenters. The maximum Gasteiger partial charge on any atom is 0.151 e. The Hall–Kier alpha value is -4.12. The van der Waals surface area contributed by atoms with E-state index in [1.54, 1.807) is 18.2 Å². The normalized spacial score (nSPS) is 10.9. The summed E-state index contributed by atoms with van der Waals surface area (Å²) >= 11 is 0. The van der Waals surface area contributed by atoms with Crippen LogP contribution < -0.4 is 9.64 Å². The molecule has 0 aliphatic heterocycles. The molecule has 0 saturated heterocycles. The molecule has 4 rings (SSSR count). The second-order valence-corrected chi connectivity index (χ2v) is 8.61. The van der Waals surface area contributed by atoms with Gasteiger partial charge >= 0.3 is 0 Å². The molecule has 3 N–H and O–H groups in total. The van der Waals surface area contributed by atoms with Crippen LogP contribution in [0.4, 0.5) is 17.1 Å². The second kappa shape index (κ2) is 9.02. The van der Waals surface area contributed by atoms with Gasteiger partial charge in [0.1, 0.15) is 23.0 Å². The Morgan fingerprint density at radius 3 is 1.68 bits per heavy atom. The van der Waals surface area contributed by atoms with Crippen molar-refractivity contribution >= 4 is 17.1 Å². The first kappa shape index (κ1) is 23.1. The molecule has 0 saturated carbocycles. The van der Waals surface area contributed by atoms with Crippen LogP contribution in [0.25, 0.3) is 0 Å². The molecule has 4 aromatic carbocycles. The van der Waals surface area contributed by atoms with E-state index in [1.165, 1.54) is 0 Å². The van der Waals surface area contributed by atoms with Gasteiger partial charge in [0.05, 0.1) is 17.1 Å². The van der Waals surface area contributed by atoms with Gasteiger partial charge in [-0.1, -0.05) is 24.3 Å². The number of benzene rings is 4. The molecule has 0 fully saturated rings. The highest BCUT2D eigenvalue weighted by Crippen LogP contribution is 2.47. The lowest BCUT2D eigenvalue weighted by Gasteiger charge is -2.31. The summed E-state index contributed by atoms with van der Waals surface area (Å²) < 4.78 is 6.33. The van der Waals surface area contributed by atoms with Gasteiger partial charge in [-0.2, -0.15) is 0 Å². The molecule has 5 heteroatoms. The average molecular weight is 456 g/mol. The molecule has 0 radical (unpaired) electrons. The van der Waals surface area contributed by atoms with Gasteiger partial charge in [0.2, 0.25) is 0 Å². The Morgan fingerprint density at radius 1 is 0.559 bits per heavy atom. The Morgan fingerprint density at radius 2 is 1.12 bits per heavy atom. The molecule has 4 aromatic rings. The molecule has 5 nitrogen and oxygen atoms in total. The number of aromatic hydroxyl groups is 3. The number of nitrogens with zero attached hydrogens (tertiary/aromatic N) is 1. The Balaban J connectivity index is 1.96. The highest BCUT2D eigenvalue weighted by atomic mass is 16.5. The number of para-hydroxylation sites is 2. The minimum absolute atomic E-state index is 0.177. The summed E-state index contributed by atoms with van der Waals surface area (Å²) in [7, 11) is 0. The summed E-state index contributed by atoms with van der Waals surface area (Å²) in [6.07, 6.45) is 0. The fourth-order valence-electron chi connectivity index (χ4n) is 4.12. The smallest absolute Gasteiger partial charge is 0.151 e. The molecule has 0 atom stereocenters. The lowest BCUT2D eigenvalue weighted by Crippen LogP contribution is -2.14. The molecule has 0 spiro atoms. The molecule has 34 heavy (non-hydrogen) atoms. The summed E-state index contributed by atoms with van der Waals surface area (Å²) in [5.74, 6) is 1.84. The van der Waals surface area contributed by atoms with Crippen molar-refractivity contribution in [3.63, 3.8) is 0 Å². The topological polar surface area (TPSA) is 73.2 Å². The first-order valence-electron chi connectivity index (χ1n) is 11.1. The third-order valence-corrected chi connectivity index (χ3v) is 6.17. The molecule has 0 amide bonds. The monoisotopic (exact) mass is 455 g/mol. The standard InChI is InChI=1S/C29H29NO4/c1-17-10-13-23(20(4)28(17)32)30(24-14-11-18(2)29(33)21(24)5)25-8-6-7-9-27(25)34-26-15-12-22(31)16-19(26)3/h6-16,31-33H,1-5H3. The average Bonchev–Trinajstić information content (AvgIpc) is 2.81. The number of hydrogen-bond acceptors (Lipinski definition) is 5. The molecule has 0 bridgehead atoms. The van der Waals surface area contributed by atoms with Crippen LogP contribution in [-0.2, 0) is 0 Å². The SMILES string of the molecule is Cc1cc(O)ccc1Oc1ccccc1N(c1ccc(C)c(O)c1C)c1ccc(C)c(O)c1C. The number of anilines is 3. The van der Waals surface area contributed by atoms with Gasteiger partial charge < -0.3 is 25.0 Å². The van der Waals surface area contributed by atoms with Gasteiger partial charge in [0.25, 0.3) is 0 Å². The second-order valence-electron chi connectivity index (χ2n) is 8.61. The van der Waals surface area contributed by atoms with Gasteiger partial charge in [0.15, 0.2) is 5.75 Å². The van der Waals surface area contributed by atoms with Crippen LogP contribution >= 0.6 is 0 Å². The third-order valence-electron chi connectivity index (χ3n) is 6.17. The van der Waals surface area contributed by atoms with Gasteiger partial charge in [0, 0.05) is 11.1 Å². The van der Waals surface area contributed by atoms with E-state index in [1.807, 2.05) is 88.0 Å². The van der Waals surface area contributed by atoms with Gasteiger partial charge in [-0.3, -0.25) is 0 Å². The van der Waals surface area contributed by atoms with Crippen LogP contribution in [0.15, 0.2) is 66.7 Å². The predicted molar refractivity (Wildman–Crippen MR) is 136 cm³/mol. The number of hydrogen-bond donors (Lipinski definition) is 3. The fraction of sp³-hybridized carbons (Fsp3) is 0.172. The van der Waals surface area contributed by atoms with Crippen molar-refractivity contribution in [3.05, 3.63) is 94.5 Å². The number of phenolic OH excluding ortho intramolecular Hbond substituents is 3. The minimum atomic E-state index is 0.177. The van der Waals surface area contributed by atoms with E-state index in [4.69, 9.17) is 4.74 Å². The summed E-state index contributed by atoms with van der Waals surface area (Å²) in [6, 6.07) is 20.3. The van der Waals surface area contributed by atoms with E-state index < -0.39 is 0 Å². The first-order chi connectivity index (χ1) is 16.2. The minimum Gasteiger partial charge on any atom is -0.508 e. The van der Waals surface area contributed by atoms with E-state index >= 15 is 0 Å². The van der Waals surface area contributed by atoms with Crippen LogP contribution in [0.5, 0.6) is 28.7 Å². The summed E-state index contributed by atoms with van der Waals surface area (Å²) in [5.41, 5.74) is 6.09. The Kier molecular flexibility index (Phi) is 6.12. The first-order valence-corrected chi connectivity index (χ1v) is 11.1. The number of aryl methyl sites for hydroxylation is 3. The summed E-state index contributed by atoms with van der Waals surface area (Å²) in [4.78, 5) is 1.99. The van der Waals surface area contributed by atoms with Crippen molar-refractivity contribution in [2.24, 2.45) is 0 Å².